The maximum absolute atomic E-state index is 12.4. The molecule has 0 unspecified atom stereocenters. The zero-order valence-electron chi connectivity index (χ0n) is 7.92. The summed E-state index contributed by atoms with van der Waals surface area (Å²) in [5, 5.41) is 7.09. The lowest BCUT2D eigenvalue weighted by molar-refractivity contribution is -0.137. The Bertz CT molecular complexity index is 503. The van der Waals surface area contributed by atoms with Crippen LogP contribution in [0.3, 0.4) is 0 Å². The predicted molar refractivity (Wildman–Crippen MR) is 51.2 cm³/mol. The highest BCUT2D eigenvalue weighted by Crippen LogP contribution is 2.31. The van der Waals surface area contributed by atoms with Crippen molar-refractivity contribution in [2.24, 2.45) is 0 Å². The number of nitrogens with one attached hydrogen (secondary N) is 1. The number of hydrogen-bond donors (Lipinski definition) is 2. The third-order valence-corrected chi connectivity index (χ3v) is 1.97. The molecule has 0 atom stereocenters. The van der Waals surface area contributed by atoms with E-state index in [-0.39, 0.29) is 11.8 Å². The molecule has 7 heteroatoms. The van der Waals surface area contributed by atoms with E-state index in [1.54, 1.807) is 0 Å². The SMILES string of the molecule is Nc1nnc(-c2cccc(C(F)(F)F)c2)[nH]1. The molecule has 16 heavy (non-hydrogen) atoms. The Hall–Kier alpha value is -2.05. The smallest absolute Gasteiger partial charge is 0.368 e. The van der Waals surface area contributed by atoms with Gasteiger partial charge in [0.2, 0.25) is 5.95 Å². The first-order chi connectivity index (χ1) is 7.47. The summed E-state index contributed by atoms with van der Waals surface area (Å²) in [6, 6.07) is 4.77. The van der Waals surface area contributed by atoms with Gasteiger partial charge in [-0.3, -0.25) is 0 Å². The van der Waals surface area contributed by atoms with Crippen molar-refractivity contribution in [2.75, 3.05) is 5.73 Å². The number of H-pyrrole nitrogens is 1. The molecule has 0 saturated carbocycles. The largest absolute Gasteiger partial charge is 0.416 e. The van der Waals surface area contributed by atoms with Gasteiger partial charge in [0.15, 0.2) is 5.82 Å². The maximum Gasteiger partial charge on any atom is 0.416 e. The number of nitrogen functional groups attached to an aromatic ring is 1. The van der Waals surface area contributed by atoms with E-state index in [0.717, 1.165) is 12.1 Å². The molecule has 0 aliphatic rings. The molecule has 0 aliphatic carbocycles. The topological polar surface area (TPSA) is 67.6 Å². The first-order valence-electron chi connectivity index (χ1n) is 4.32. The van der Waals surface area contributed by atoms with Gasteiger partial charge >= 0.3 is 6.18 Å². The molecule has 0 fully saturated rings. The van der Waals surface area contributed by atoms with Crippen molar-refractivity contribution in [1.29, 1.82) is 0 Å². The van der Waals surface area contributed by atoms with E-state index in [1.165, 1.54) is 12.1 Å². The molecule has 1 aromatic heterocycles. The molecule has 0 spiro atoms. The molecular weight excluding hydrogens is 221 g/mol. The third kappa shape index (κ3) is 1.97. The Balaban J connectivity index is 2.44. The van der Waals surface area contributed by atoms with Crippen LogP contribution in [-0.2, 0) is 6.18 Å². The summed E-state index contributed by atoms with van der Waals surface area (Å²) in [6.45, 7) is 0. The first kappa shape index (κ1) is 10.5. The Morgan fingerprint density at radius 3 is 2.50 bits per heavy atom. The van der Waals surface area contributed by atoms with Crippen LogP contribution in [0.25, 0.3) is 11.4 Å². The number of alkyl halides is 3. The fourth-order valence-electron chi connectivity index (χ4n) is 1.25. The van der Waals surface area contributed by atoms with Crippen LogP contribution in [0, 0.1) is 0 Å². The van der Waals surface area contributed by atoms with E-state index >= 15 is 0 Å². The second-order valence-corrected chi connectivity index (χ2v) is 3.14. The average Bonchev–Trinajstić information content (AvgIpc) is 2.64. The number of anilines is 1. The molecule has 2 rings (SSSR count). The zero-order chi connectivity index (χ0) is 11.8. The number of hydrogen-bond acceptors (Lipinski definition) is 3. The molecule has 1 heterocycles. The second-order valence-electron chi connectivity index (χ2n) is 3.14. The van der Waals surface area contributed by atoms with E-state index in [2.05, 4.69) is 15.2 Å². The Kier molecular flexibility index (Phi) is 2.30. The minimum Gasteiger partial charge on any atom is -0.368 e. The monoisotopic (exact) mass is 228 g/mol. The molecular formula is C9H7F3N4. The predicted octanol–water partition coefficient (Wildman–Crippen LogP) is 2.07. The van der Waals surface area contributed by atoms with Crippen LogP contribution in [0.1, 0.15) is 5.56 Å². The minimum absolute atomic E-state index is 0.0624. The quantitative estimate of drug-likeness (QED) is 0.785. The molecule has 0 saturated heterocycles. The van der Waals surface area contributed by atoms with Gasteiger partial charge in [-0.25, -0.2) is 0 Å². The van der Waals surface area contributed by atoms with Gasteiger partial charge in [0.25, 0.3) is 0 Å². The zero-order valence-corrected chi connectivity index (χ0v) is 7.92. The second kappa shape index (κ2) is 3.51. The number of benzene rings is 1. The molecule has 3 N–H and O–H groups in total. The van der Waals surface area contributed by atoms with Gasteiger partial charge in [0.05, 0.1) is 5.56 Å². The van der Waals surface area contributed by atoms with E-state index in [0.29, 0.717) is 5.56 Å². The summed E-state index contributed by atoms with van der Waals surface area (Å²) in [4.78, 5) is 2.56. The Labute approximate surface area is 88.3 Å². The highest BCUT2D eigenvalue weighted by atomic mass is 19.4. The molecule has 0 bridgehead atoms. The first-order valence-corrected chi connectivity index (χ1v) is 4.32. The fraction of sp³-hybridized carbons (Fsp3) is 0.111. The Morgan fingerprint density at radius 2 is 1.94 bits per heavy atom. The molecule has 84 valence electrons. The average molecular weight is 228 g/mol. The van der Waals surface area contributed by atoms with Crippen LogP contribution < -0.4 is 5.73 Å². The summed E-state index contributed by atoms with van der Waals surface area (Å²) < 4.78 is 37.3. The standard InChI is InChI=1S/C9H7F3N4/c10-9(11,12)6-3-1-2-5(4-6)7-14-8(13)16-15-7/h1-4H,(H3,13,14,15,16). The van der Waals surface area contributed by atoms with Gasteiger partial charge < -0.3 is 10.7 Å². The number of nitrogens with zero attached hydrogens (tertiary/aromatic N) is 2. The summed E-state index contributed by atoms with van der Waals surface area (Å²) in [5.74, 6) is 0.274. The fourth-order valence-corrected chi connectivity index (χ4v) is 1.25. The lowest BCUT2D eigenvalue weighted by atomic mass is 10.1. The van der Waals surface area contributed by atoms with Crippen LogP contribution in [0.15, 0.2) is 24.3 Å². The van der Waals surface area contributed by atoms with Gasteiger partial charge in [-0.1, -0.05) is 12.1 Å². The summed E-state index contributed by atoms with van der Waals surface area (Å²) >= 11 is 0. The molecule has 1 aromatic carbocycles. The van der Waals surface area contributed by atoms with Crippen LogP contribution in [0.5, 0.6) is 0 Å². The van der Waals surface area contributed by atoms with Crippen molar-refractivity contribution in [3.63, 3.8) is 0 Å². The normalized spacial score (nSPS) is 11.7. The third-order valence-electron chi connectivity index (χ3n) is 1.97. The summed E-state index contributed by atoms with van der Waals surface area (Å²) in [6.07, 6.45) is -4.37. The number of nitrogens with two attached hydrogens (primary N) is 1. The van der Waals surface area contributed by atoms with E-state index in [9.17, 15) is 13.2 Å². The van der Waals surface area contributed by atoms with Gasteiger partial charge in [-0.2, -0.15) is 13.2 Å². The van der Waals surface area contributed by atoms with Crippen LogP contribution >= 0.6 is 0 Å². The van der Waals surface area contributed by atoms with Crippen molar-refractivity contribution in [3.8, 4) is 11.4 Å². The highest BCUT2D eigenvalue weighted by molar-refractivity contribution is 5.57. The van der Waals surface area contributed by atoms with Crippen LogP contribution in [0.4, 0.5) is 19.1 Å². The van der Waals surface area contributed by atoms with Crippen molar-refractivity contribution >= 4 is 5.95 Å². The van der Waals surface area contributed by atoms with Crippen LogP contribution in [-0.4, -0.2) is 15.2 Å². The number of aromatic nitrogens is 3. The van der Waals surface area contributed by atoms with Crippen molar-refractivity contribution in [3.05, 3.63) is 29.8 Å². The van der Waals surface area contributed by atoms with Crippen LogP contribution in [0.2, 0.25) is 0 Å². The van der Waals surface area contributed by atoms with Crippen molar-refractivity contribution < 1.29 is 13.2 Å². The number of halogens is 3. The van der Waals surface area contributed by atoms with Crippen molar-refractivity contribution in [2.45, 2.75) is 6.18 Å². The maximum atomic E-state index is 12.4. The molecule has 0 radical (unpaired) electrons. The summed E-state index contributed by atoms with van der Waals surface area (Å²) in [5.41, 5.74) is 4.84. The number of rotatable bonds is 1. The van der Waals surface area contributed by atoms with E-state index in [4.69, 9.17) is 5.73 Å². The van der Waals surface area contributed by atoms with Crippen molar-refractivity contribution in [1.82, 2.24) is 15.2 Å². The van der Waals surface area contributed by atoms with Gasteiger partial charge in [0.1, 0.15) is 0 Å². The lowest BCUT2D eigenvalue weighted by Crippen LogP contribution is -2.04. The van der Waals surface area contributed by atoms with Gasteiger partial charge in [-0.05, 0) is 12.1 Å². The highest BCUT2D eigenvalue weighted by Gasteiger charge is 2.30. The molecule has 0 aliphatic heterocycles. The Morgan fingerprint density at radius 1 is 1.19 bits per heavy atom. The molecule has 0 amide bonds. The molecule has 4 nitrogen and oxygen atoms in total. The summed E-state index contributed by atoms with van der Waals surface area (Å²) in [7, 11) is 0. The number of aromatic amines is 1. The minimum atomic E-state index is -4.37. The van der Waals surface area contributed by atoms with Gasteiger partial charge in [0, 0.05) is 5.56 Å². The lowest BCUT2D eigenvalue weighted by Gasteiger charge is -2.06. The van der Waals surface area contributed by atoms with E-state index < -0.39 is 11.7 Å². The van der Waals surface area contributed by atoms with Gasteiger partial charge in [-0.15, -0.1) is 10.2 Å². The molecule has 2 aromatic rings. The van der Waals surface area contributed by atoms with E-state index in [1.807, 2.05) is 0 Å².